The van der Waals surface area contributed by atoms with Crippen LogP contribution < -0.4 is 0 Å². The van der Waals surface area contributed by atoms with E-state index in [9.17, 15) is 9.90 Å². The fourth-order valence-electron chi connectivity index (χ4n) is 1.55. The molecule has 18 heavy (non-hydrogen) atoms. The second-order valence-electron chi connectivity index (χ2n) is 3.96. The van der Waals surface area contributed by atoms with E-state index in [0.717, 1.165) is 25.7 Å². The Labute approximate surface area is 112 Å². The summed E-state index contributed by atoms with van der Waals surface area (Å²) in [7, 11) is 1.26. The molecule has 1 N–H and O–H groups in total. The van der Waals surface area contributed by atoms with Crippen LogP contribution in [0.5, 0.6) is 5.88 Å². The molecule has 1 aromatic rings. The molecule has 0 saturated heterocycles. The highest BCUT2D eigenvalue weighted by Crippen LogP contribution is 2.22. The van der Waals surface area contributed by atoms with Gasteiger partial charge in [-0.15, -0.1) is 12.6 Å². The zero-order valence-electron chi connectivity index (χ0n) is 10.6. The number of hydrogen-bond acceptors (Lipinski definition) is 6. The molecule has 0 amide bonds. The summed E-state index contributed by atoms with van der Waals surface area (Å²) in [5.41, 5.74) is 0.0128. The maximum absolute atomic E-state index is 11.4. The van der Waals surface area contributed by atoms with Crippen molar-refractivity contribution < 1.29 is 14.6 Å². The lowest BCUT2D eigenvalue weighted by Gasteiger charge is -2.06. The minimum absolute atomic E-state index is 0.0128. The largest absolute Gasteiger partial charge is 0.492 e. The summed E-state index contributed by atoms with van der Waals surface area (Å²) in [6.07, 6.45) is 4.94. The predicted octanol–water partition coefficient (Wildman–Crippen LogP) is 2.38. The van der Waals surface area contributed by atoms with Crippen molar-refractivity contribution in [3.63, 3.8) is 0 Å². The summed E-state index contributed by atoms with van der Waals surface area (Å²) in [5.74, 6) is -0.450. The lowest BCUT2D eigenvalue weighted by molar-refractivity contribution is 0.0588. The van der Waals surface area contributed by atoms with Crippen molar-refractivity contribution in [1.82, 2.24) is 9.97 Å². The smallest absolute Gasteiger partial charge is 0.358 e. The molecule has 0 fully saturated rings. The van der Waals surface area contributed by atoms with Gasteiger partial charge in [-0.1, -0.05) is 26.2 Å². The highest BCUT2D eigenvalue weighted by Gasteiger charge is 2.17. The molecule has 0 radical (unpaired) electrons. The van der Waals surface area contributed by atoms with Gasteiger partial charge in [0.05, 0.1) is 12.0 Å². The maximum Gasteiger partial charge on any atom is 0.358 e. The van der Waals surface area contributed by atoms with Gasteiger partial charge in [0.2, 0.25) is 5.88 Å². The summed E-state index contributed by atoms with van der Waals surface area (Å²) < 4.78 is 4.58. The number of rotatable bonds is 6. The van der Waals surface area contributed by atoms with Gasteiger partial charge in [-0.2, -0.15) is 4.98 Å². The number of hydrogen-bond donors (Lipinski definition) is 2. The van der Waals surface area contributed by atoms with Gasteiger partial charge in [0.25, 0.3) is 0 Å². The molecule has 0 unspecified atom stereocenters. The average molecular weight is 270 g/mol. The van der Waals surface area contributed by atoms with E-state index < -0.39 is 5.97 Å². The molecule has 5 nitrogen and oxygen atoms in total. The Kier molecular flexibility index (Phi) is 5.91. The summed E-state index contributed by atoms with van der Waals surface area (Å²) in [4.78, 5) is 19.5. The minimum atomic E-state index is -0.618. The van der Waals surface area contributed by atoms with Crippen LogP contribution in [0.2, 0.25) is 0 Å². The van der Waals surface area contributed by atoms with Crippen LogP contribution in [0.4, 0.5) is 0 Å². The lowest BCUT2D eigenvalue weighted by Crippen LogP contribution is -2.09. The Morgan fingerprint density at radius 3 is 2.67 bits per heavy atom. The minimum Gasteiger partial charge on any atom is -0.492 e. The first-order valence-electron chi connectivity index (χ1n) is 5.97. The number of unbranched alkanes of at least 4 members (excludes halogenated alkanes) is 3. The Hall–Kier alpha value is -1.30. The summed E-state index contributed by atoms with van der Waals surface area (Å²) in [6.45, 7) is 2.13. The third kappa shape index (κ3) is 3.87. The van der Waals surface area contributed by atoms with Gasteiger partial charge in [-0.05, 0) is 6.42 Å². The highest BCUT2D eigenvalue weighted by atomic mass is 32.1. The summed E-state index contributed by atoms with van der Waals surface area (Å²) in [6, 6.07) is 0. The van der Waals surface area contributed by atoms with Crippen molar-refractivity contribution in [2.24, 2.45) is 0 Å². The molecular formula is C12H18N2O3S. The van der Waals surface area contributed by atoms with Gasteiger partial charge in [0, 0.05) is 6.42 Å². The van der Waals surface area contributed by atoms with Crippen molar-refractivity contribution in [2.75, 3.05) is 7.11 Å². The number of thiol groups is 1. The van der Waals surface area contributed by atoms with Crippen LogP contribution in [-0.4, -0.2) is 28.2 Å². The Morgan fingerprint density at radius 2 is 2.06 bits per heavy atom. The van der Waals surface area contributed by atoms with Gasteiger partial charge < -0.3 is 9.84 Å². The van der Waals surface area contributed by atoms with E-state index in [-0.39, 0.29) is 16.5 Å². The third-order valence-electron chi connectivity index (χ3n) is 2.54. The van der Waals surface area contributed by atoms with Crippen molar-refractivity contribution in [2.45, 2.75) is 43.9 Å². The molecule has 0 aliphatic heterocycles. The van der Waals surface area contributed by atoms with E-state index in [4.69, 9.17) is 0 Å². The van der Waals surface area contributed by atoms with Gasteiger partial charge in [-0.25, -0.2) is 9.78 Å². The molecule has 0 aromatic carbocycles. The van der Waals surface area contributed by atoms with Crippen molar-refractivity contribution in [3.8, 4) is 5.88 Å². The number of carbonyl (C=O) groups excluding carboxylic acids is 1. The Bertz CT molecular complexity index is 424. The molecule has 100 valence electrons. The van der Waals surface area contributed by atoms with E-state index >= 15 is 0 Å². The SMILES string of the molecule is CCCCCCc1nc(O)c(S)c(C(=O)OC)n1. The first-order valence-corrected chi connectivity index (χ1v) is 6.42. The first kappa shape index (κ1) is 14.8. The topological polar surface area (TPSA) is 72.3 Å². The predicted molar refractivity (Wildman–Crippen MR) is 70.1 cm³/mol. The number of aromatic hydroxyl groups is 1. The Balaban J connectivity index is 2.81. The summed E-state index contributed by atoms with van der Waals surface area (Å²) >= 11 is 4.00. The second-order valence-corrected chi connectivity index (χ2v) is 4.41. The molecule has 1 aromatic heterocycles. The number of aromatic nitrogens is 2. The van der Waals surface area contributed by atoms with Gasteiger partial charge in [-0.3, -0.25) is 0 Å². The van der Waals surface area contributed by atoms with E-state index in [0.29, 0.717) is 12.2 Å². The van der Waals surface area contributed by atoms with E-state index in [1.54, 1.807) is 0 Å². The number of ether oxygens (including phenoxy) is 1. The number of methoxy groups -OCH3 is 1. The zero-order chi connectivity index (χ0) is 13.5. The van der Waals surface area contributed by atoms with E-state index in [2.05, 4.69) is 34.3 Å². The molecular weight excluding hydrogens is 252 g/mol. The van der Waals surface area contributed by atoms with Crippen LogP contribution in [0.25, 0.3) is 0 Å². The number of nitrogens with zero attached hydrogens (tertiary/aromatic N) is 2. The van der Waals surface area contributed by atoms with Crippen molar-refractivity contribution in [3.05, 3.63) is 11.5 Å². The molecule has 1 rings (SSSR count). The zero-order valence-corrected chi connectivity index (χ0v) is 11.5. The fraction of sp³-hybridized carbons (Fsp3) is 0.583. The molecule has 0 aliphatic carbocycles. The first-order chi connectivity index (χ1) is 8.60. The fourth-order valence-corrected chi connectivity index (χ4v) is 1.74. The van der Waals surface area contributed by atoms with Crippen molar-refractivity contribution in [1.29, 1.82) is 0 Å². The molecule has 1 heterocycles. The normalized spacial score (nSPS) is 10.4. The van der Waals surface area contributed by atoms with E-state index in [1.165, 1.54) is 7.11 Å². The second kappa shape index (κ2) is 7.20. The average Bonchev–Trinajstić information content (AvgIpc) is 2.37. The van der Waals surface area contributed by atoms with Crippen LogP contribution in [0.3, 0.4) is 0 Å². The molecule has 0 saturated carbocycles. The van der Waals surface area contributed by atoms with Crippen LogP contribution >= 0.6 is 12.6 Å². The van der Waals surface area contributed by atoms with Crippen LogP contribution in [-0.2, 0) is 11.2 Å². The van der Waals surface area contributed by atoms with Gasteiger partial charge in [0.1, 0.15) is 5.82 Å². The standard InChI is InChI=1S/C12H18N2O3S/c1-3-4-5-6-7-8-13-9(12(16)17-2)10(18)11(15)14-8/h18H,3-7H2,1-2H3,(H,13,14,15). The van der Waals surface area contributed by atoms with E-state index in [1.807, 2.05) is 0 Å². The molecule has 6 heteroatoms. The quantitative estimate of drug-likeness (QED) is 0.472. The maximum atomic E-state index is 11.4. The van der Waals surface area contributed by atoms with Gasteiger partial charge in [0.15, 0.2) is 5.69 Å². The molecule has 0 aliphatic rings. The molecule has 0 spiro atoms. The molecule has 0 atom stereocenters. The van der Waals surface area contributed by atoms with Crippen molar-refractivity contribution >= 4 is 18.6 Å². The highest BCUT2D eigenvalue weighted by molar-refractivity contribution is 7.80. The van der Waals surface area contributed by atoms with Crippen LogP contribution in [0.1, 0.15) is 48.9 Å². The monoisotopic (exact) mass is 270 g/mol. The van der Waals surface area contributed by atoms with Crippen LogP contribution in [0, 0.1) is 0 Å². The van der Waals surface area contributed by atoms with Gasteiger partial charge >= 0.3 is 5.97 Å². The number of carbonyl (C=O) groups is 1. The molecule has 0 bridgehead atoms. The Morgan fingerprint density at radius 1 is 1.33 bits per heavy atom. The van der Waals surface area contributed by atoms with Crippen LogP contribution in [0.15, 0.2) is 4.90 Å². The summed E-state index contributed by atoms with van der Waals surface area (Å²) in [5, 5.41) is 9.59. The number of aryl methyl sites for hydroxylation is 1. The third-order valence-corrected chi connectivity index (χ3v) is 2.96. The lowest BCUT2D eigenvalue weighted by atomic mass is 10.1. The number of esters is 1.